The lowest BCUT2D eigenvalue weighted by atomic mass is 10.1. The van der Waals surface area contributed by atoms with Crippen molar-refractivity contribution in [1.29, 1.82) is 0 Å². The molecule has 0 amide bonds. The molecule has 78 valence electrons. The first kappa shape index (κ1) is 9.16. The molecule has 0 fully saturated rings. The van der Waals surface area contributed by atoms with Crippen molar-refractivity contribution in [2.24, 2.45) is 0 Å². The van der Waals surface area contributed by atoms with Crippen molar-refractivity contribution in [1.82, 2.24) is 0 Å². The molecule has 2 aromatic carbocycles. The Hall–Kier alpha value is -2.09. The Morgan fingerprint density at radius 2 is 1.88 bits per heavy atom. The summed E-state index contributed by atoms with van der Waals surface area (Å²) in [7, 11) is 0. The lowest BCUT2D eigenvalue weighted by molar-refractivity contribution is 0.112. The molecule has 0 bridgehead atoms. The van der Waals surface area contributed by atoms with Crippen LogP contribution >= 0.6 is 0 Å². The second kappa shape index (κ2) is 3.20. The zero-order chi connectivity index (χ0) is 11.1. The van der Waals surface area contributed by atoms with Gasteiger partial charge in [-0.05, 0) is 30.7 Å². The van der Waals surface area contributed by atoms with Gasteiger partial charge in [-0.1, -0.05) is 18.2 Å². The number of aldehydes is 1. The molecule has 2 nitrogen and oxygen atoms in total. The van der Waals surface area contributed by atoms with E-state index in [1.54, 1.807) is 0 Å². The van der Waals surface area contributed by atoms with Crippen LogP contribution < -0.4 is 0 Å². The minimum Gasteiger partial charge on any atom is -0.456 e. The van der Waals surface area contributed by atoms with Crippen molar-refractivity contribution in [3.8, 4) is 0 Å². The number of hydrogen-bond donors (Lipinski definition) is 0. The van der Waals surface area contributed by atoms with E-state index in [2.05, 4.69) is 0 Å². The fraction of sp³-hybridized carbons (Fsp3) is 0.0714. The monoisotopic (exact) mass is 210 g/mol. The van der Waals surface area contributed by atoms with Crippen LogP contribution in [0.25, 0.3) is 21.9 Å². The standard InChI is InChI=1S/C14H10O2/c1-9-6-14-12(7-10(9)8-15)11-4-2-3-5-13(11)16-14/h2-8H,1H3. The molecule has 3 rings (SSSR count). The summed E-state index contributed by atoms with van der Waals surface area (Å²) in [5.74, 6) is 0. The topological polar surface area (TPSA) is 30.2 Å². The first-order valence-corrected chi connectivity index (χ1v) is 5.16. The van der Waals surface area contributed by atoms with Crippen molar-refractivity contribution in [3.05, 3.63) is 47.5 Å². The van der Waals surface area contributed by atoms with Gasteiger partial charge in [-0.25, -0.2) is 0 Å². The van der Waals surface area contributed by atoms with Gasteiger partial charge in [0.1, 0.15) is 17.5 Å². The van der Waals surface area contributed by atoms with Crippen LogP contribution in [0.5, 0.6) is 0 Å². The Bertz CT molecular complexity index is 692. The molecule has 0 spiro atoms. The van der Waals surface area contributed by atoms with Crippen LogP contribution in [-0.4, -0.2) is 6.29 Å². The van der Waals surface area contributed by atoms with Gasteiger partial charge in [-0.2, -0.15) is 0 Å². The third-order valence-corrected chi connectivity index (χ3v) is 2.89. The second-order valence-corrected chi connectivity index (χ2v) is 3.92. The third-order valence-electron chi connectivity index (χ3n) is 2.89. The number of carbonyl (C=O) groups is 1. The lowest BCUT2D eigenvalue weighted by Crippen LogP contribution is -1.84. The van der Waals surface area contributed by atoms with Crippen molar-refractivity contribution in [3.63, 3.8) is 0 Å². The van der Waals surface area contributed by atoms with Crippen LogP contribution in [0.2, 0.25) is 0 Å². The van der Waals surface area contributed by atoms with Crippen LogP contribution in [0.4, 0.5) is 0 Å². The van der Waals surface area contributed by atoms with Crippen LogP contribution in [0, 0.1) is 6.92 Å². The summed E-state index contributed by atoms with van der Waals surface area (Å²) in [6.07, 6.45) is 0.885. The van der Waals surface area contributed by atoms with Crippen LogP contribution in [0.15, 0.2) is 40.8 Å². The van der Waals surface area contributed by atoms with Gasteiger partial charge in [-0.3, -0.25) is 4.79 Å². The van der Waals surface area contributed by atoms with E-state index in [0.717, 1.165) is 39.4 Å². The number of carbonyl (C=O) groups excluding carboxylic acids is 1. The maximum absolute atomic E-state index is 10.9. The first-order chi connectivity index (χ1) is 7.79. The van der Waals surface area contributed by atoms with Crippen molar-refractivity contribution in [2.45, 2.75) is 6.92 Å². The van der Waals surface area contributed by atoms with E-state index in [1.165, 1.54) is 0 Å². The highest BCUT2D eigenvalue weighted by molar-refractivity contribution is 6.06. The fourth-order valence-corrected chi connectivity index (χ4v) is 2.02. The van der Waals surface area contributed by atoms with Crippen molar-refractivity contribution < 1.29 is 9.21 Å². The molecule has 16 heavy (non-hydrogen) atoms. The molecule has 0 unspecified atom stereocenters. The van der Waals surface area contributed by atoms with E-state index in [0.29, 0.717) is 0 Å². The molecular weight excluding hydrogens is 200 g/mol. The highest BCUT2D eigenvalue weighted by Gasteiger charge is 2.08. The molecule has 0 aliphatic carbocycles. The SMILES string of the molecule is Cc1cc2oc3ccccc3c2cc1C=O. The quantitative estimate of drug-likeness (QED) is 0.573. The molecule has 0 N–H and O–H groups in total. The molecule has 0 saturated carbocycles. The Balaban J connectivity index is 2.52. The summed E-state index contributed by atoms with van der Waals surface area (Å²) in [5, 5.41) is 2.06. The maximum atomic E-state index is 10.9. The van der Waals surface area contributed by atoms with Gasteiger partial charge >= 0.3 is 0 Å². The van der Waals surface area contributed by atoms with Gasteiger partial charge in [0.05, 0.1) is 0 Å². The van der Waals surface area contributed by atoms with Gasteiger partial charge in [0.15, 0.2) is 0 Å². The summed E-state index contributed by atoms with van der Waals surface area (Å²) in [6, 6.07) is 11.7. The van der Waals surface area contributed by atoms with E-state index in [-0.39, 0.29) is 0 Å². The molecule has 3 aromatic rings. The van der Waals surface area contributed by atoms with Gasteiger partial charge in [0.2, 0.25) is 0 Å². The lowest BCUT2D eigenvalue weighted by Gasteiger charge is -1.97. The van der Waals surface area contributed by atoms with E-state index in [9.17, 15) is 4.79 Å². The maximum Gasteiger partial charge on any atom is 0.150 e. The highest BCUT2D eigenvalue weighted by atomic mass is 16.3. The highest BCUT2D eigenvalue weighted by Crippen LogP contribution is 2.30. The van der Waals surface area contributed by atoms with E-state index in [1.807, 2.05) is 43.3 Å². The Morgan fingerprint density at radius 3 is 2.69 bits per heavy atom. The van der Waals surface area contributed by atoms with Gasteiger partial charge in [-0.15, -0.1) is 0 Å². The Labute approximate surface area is 92.5 Å². The Kier molecular flexibility index (Phi) is 1.83. The Morgan fingerprint density at radius 1 is 1.06 bits per heavy atom. The molecule has 0 aliphatic heterocycles. The number of hydrogen-bond acceptors (Lipinski definition) is 2. The zero-order valence-electron chi connectivity index (χ0n) is 8.86. The fourth-order valence-electron chi connectivity index (χ4n) is 2.02. The zero-order valence-corrected chi connectivity index (χ0v) is 8.86. The van der Waals surface area contributed by atoms with Gasteiger partial charge < -0.3 is 4.42 Å². The molecule has 0 saturated heterocycles. The number of fused-ring (bicyclic) bond motifs is 3. The van der Waals surface area contributed by atoms with E-state index >= 15 is 0 Å². The number of aryl methyl sites for hydroxylation is 1. The first-order valence-electron chi connectivity index (χ1n) is 5.16. The van der Waals surface area contributed by atoms with Crippen molar-refractivity contribution in [2.75, 3.05) is 0 Å². The second-order valence-electron chi connectivity index (χ2n) is 3.92. The van der Waals surface area contributed by atoms with Gasteiger partial charge in [0.25, 0.3) is 0 Å². The number of furan rings is 1. The van der Waals surface area contributed by atoms with E-state index < -0.39 is 0 Å². The number of para-hydroxylation sites is 1. The molecular formula is C14H10O2. The van der Waals surface area contributed by atoms with Crippen molar-refractivity contribution >= 4 is 28.2 Å². The third kappa shape index (κ3) is 1.16. The van der Waals surface area contributed by atoms with Crippen LogP contribution in [0.3, 0.4) is 0 Å². The minimum atomic E-state index is 0.721. The smallest absolute Gasteiger partial charge is 0.150 e. The average Bonchev–Trinajstić information content (AvgIpc) is 2.65. The normalized spacial score (nSPS) is 11.1. The predicted molar refractivity (Wildman–Crippen MR) is 63.8 cm³/mol. The minimum absolute atomic E-state index is 0.721. The molecule has 0 atom stereocenters. The summed E-state index contributed by atoms with van der Waals surface area (Å²) < 4.78 is 5.72. The average molecular weight is 210 g/mol. The van der Waals surface area contributed by atoms with Crippen LogP contribution in [0.1, 0.15) is 15.9 Å². The largest absolute Gasteiger partial charge is 0.456 e. The summed E-state index contributed by atoms with van der Waals surface area (Å²) >= 11 is 0. The van der Waals surface area contributed by atoms with Gasteiger partial charge in [0, 0.05) is 16.3 Å². The predicted octanol–water partition coefficient (Wildman–Crippen LogP) is 3.71. The summed E-state index contributed by atoms with van der Waals surface area (Å²) in [5.41, 5.74) is 3.37. The van der Waals surface area contributed by atoms with E-state index in [4.69, 9.17) is 4.42 Å². The summed E-state index contributed by atoms with van der Waals surface area (Å²) in [4.78, 5) is 10.9. The van der Waals surface area contributed by atoms with Crippen LogP contribution in [-0.2, 0) is 0 Å². The molecule has 1 heterocycles. The molecule has 0 aliphatic rings. The molecule has 1 aromatic heterocycles. The molecule has 0 radical (unpaired) electrons. The molecule has 2 heteroatoms. The number of benzene rings is 2. The summed E-state index contributed by atoms with van der Waals surface area (Å²) in [6.45, 7) is 1.91. The number of rotatable bonds is 1.